The molecule has 1 aliphatic rings. The van der Waals surface area contributed by atoms with Gasteiger partial charge in [-0.05, 0) is 28.3 Å². The van der Waals surface area contributed by atoms with Gasteiger partial charge in [0.15, 0.2) is 0 Å². The van der Waals surface area contributed by atoms with Crippen LogP contribution in [0.5, 0.6) is 0 Å². The average Bonchev–Trinajstić information content (AvgIpc) is 2.78. The number of hydrogen-bond donors (Lipinski definition) is 1. The molecule has 0 radical (unpaired) electrons. The number of fused-ring (bicyclic) bond motifs is 3. The maximum Gasteiger partial charge on any atom is 0.234 e. The molecule has 0 saturated carbocycles. The number of carbonyl (C=O) groups is 1. The lowest BCUT2D eigenvalue weighted by Crippen LogP contribution is -2.13. The van der Waals surface area contributed by atoms with Crippen molar-refractivity contribution in [2.75, 3.05) is 9.74 Å². The van der Waals surface area contributed by atoms with E-state index in [0.717, 1.165) is 12.1 Å². The third-order valence-corrected chi connectivity index (χ3v) is 3.94. The van der Waals surface area contributed by atoms with Crippen molar-refractivity contribution in [2.45, 2.75) is 6.42 Å². The Hall–Kier alpha value is -1.36. The van der Waals surface area contributed by atoms with Gasteiger partial charge in [-0.15, -0.1) is 0 Å². The summed E-state index contributed by atoms with van der Waals surface area (Å²) >= 11 is 2.08. The Labute approximate surface area is 120 Å². The highest BCUT2D eigenvalue weighted by Gasteiger charge is 2.20. The van der Waals surface area contributed by atoms with Crippen LogP contribution in [0, 0.1) is 0 Å². The molecule has 1 amide bonds. The fraction of sp³-hybridized carbons (Fsp3) is 0.133. The van der Waals surface area contributed by atoms with Gasteiger partial charge in [0, 0.05) is 12.1 Å². The van der Waals surface area contributed by atoms with Crippen LogP contribution >= 0.6 is 22.6 Å². The highest BCUT2D eigenvalue weighted by Crippen LogP contribution is 2.39. The summed E-state index contributed by atoms with van der Waals surface area (Å²) < 4.78 is 0.481. The van der Waals surface area contributed by atoms with Crippen LogP contribution in [0.15, 0.2) is 42.5 Å². The van der Waals surface area contributed by atoms with Gasteiger partial charge in [0.25, 0.3) is 0 Å². The number of amides is 1. The Morgan fingerprint density at radius 2 is 1.89 bits per heavy atom. The second kappa shape index (κ2) is 4.72. The second-order valence-corrected chi connectivity index (χ2v) is 5.11. The number of benzene rings is 2. The summed E-state index contributed by atoms with van der Waals surface area (Å²) in [5, 5.41) is 2.98. The largest absolute Gasteiger partial charge is 0.325 e. The quantitative estimate of drug-likeness (QED) is 0.556. The van der Waals surface area contributed by atoms with Crippen LogP contribution in [0.3, 0.4) is 0 Å². The predicted molar refractivity (Wildman–Crippen MR) is 82.2 cm³/mol. The first-order chi connectivity index (χ1) is 8.79. The van der Waals surface area contributed by atoms with Gasteiger partial charge in [-0.2, -0.15) is 0 Å². The number of anilines is 1. The van der Waals surface area contributed by atoms with Crippen LogP contribution in [-0.2, 0) is 11.2 Å². The SMILES string of the molecule is O=C(CI)Nc1cccc2c1Cc1ccccc1-2. The van der Waals surface area contributed by atoms with Gasteiger partial charge in [-0.25, -0.2) is 0 Å². The Morgan fingerprint density at radius 1 is 1.11 bits per heavy atom. The van der Waals surface area contributed by atoms with Crippen molar-refractivity contribution in [2.24, 2.45) is 0 Å². The van der Waals surface area contributed by atoms with Crippen molar-refractivity contribution >= 4 is 34.2 Å². The van der Waals surface area contributed by atoms with Gasteiger partial charge in [-0.1, -0.05) is 59.0 Å². The van der Waals surface area contributed by atoms with Crippen LogP contribution in [0.2, 0.25) is 0 Å². The topological polar surface area (TPSA) is 29.1 Å². The van der Waals surface area contributed by atoms with Gasteiger partial charge in [-0.3, -0.25) is 4.79 Å². The molecule has 0 bridgehead atoms. The van der Waals surface area contributed by atoms with Crippen molar-refractivity contribution < 1.29 is 4.79 Å². The standard InChI is InChI=1S/C15H12INO/c16-9-15(18)17-14-7-3-6-12-11-5-2-1-4-10(11)8-13(12)14/h1-7H,8-9H2,(H,17,18). The molecule has 2 nitrogen and oxygen atoms in total. The molecule has 2 aromatic carbocycles. The number of halogens is 1. The number of alkyl halides is 1. The van der Waals surface area contributed by atoms with Gasteiger partial charge < -0.3 is 5.32 Å². The lowest BCUT2D eigenvalue weighted by atomic mass is 10.1. The molecule has 0 aliphatic heterocycles. The molecule has 0 fully saturated rings. The maximum absolute atomic E-state index is 11.5. The molecule has 0 spiro atoms. The molecule has 18 heavy (non-hydrogen) atoms. The van der Waals surface area contributed by atoms with Crippen molar-refractivity contribution in [3.63, 3.8) is 0 Å². The third kappa shape index (κ3) is 1.92. The summed E-state index contributed by atoms with van der Waals surface area (Å²) in [6, 6.07) is 14.5. The number of nitrogens with one attached hydrogen (secondary N) is 1. The number of rotatable bonds is 2. The van der Waals surface area contributed by atoms with E-state index in [4.69, 9.17) is 0 Å². The van der Waals surface area contributed by atoms with Crippen LogP contribution < -0.4 is 5.32 Å². The van der Waals surface area contributed by atoms with Crippen molar-refractivity contribution in [3.05, 3.63) is 53.6 Å². The van der Waals surface area contributed by atoms with Crippen molar-refractivity contribution in [3.8, 4) is 11.1 Å². The van der Waals surface area contributed by atoms with Crippen LogP contribution in [0.1, 0.15) is 11.1 Å². The summed E-state index contributed by atoms with van der Waals surface area (Å²) in [5.41, 5.74) is 6.06. The molecule has 0 atom stereocenters. The van der Waals surface area contributed by atoms with E-state index in [1.54, 1.807) is 0 Å². The molecular formula is C15H12INO. The van der Waals surface area contributed by atoms with E-state index in [0.29, 0.717) is 4.43 Å². The second-order valence-electron chi connectivity index (χ2n) is 4.35. The zero-order valence-corrected chi connectivity index (χ0v) is 11.9. The van der Waals surface area contributed by atoms with E-state index >= 15 is 0 Å². The van der Waals surface area contributed by atoms with E-state index in [2.05, 4.69) is 58.2 Å². The molecule has 0 aromatic heterocycles. The highest BCUT2D eigenvalue weighted by atomic mass is 127. The lowest BCUT2D eigenvalue weighted by molar-refractivity contribution is -0.113. The van der Waals surface area contributed by atoms with Gasteiger partial charge in [0.2, 0.25) is 5.91 Å². The van der Waals surface area contributed by atoms with E-state index < -0.39 is 0 Å². The predicted octanol–water partition coefficient (Wildman–Crippen LogP) is 3.63. The number of carbonyl (C=O) groups excluding carboxylic acids is 1. The van der Waals surface area contributed by atoms with E-state index in [1.165, 1.54) is 22.3 Å². The van der Waals surface area contributed by atoms with Gasteiger partial charge >= 0.3 is 0 Å². The van der Waals surface area contributed by atoms with Crippen LogP contribution in [0.4, 0.5) is 5.69 Å². The molecule has 90 valence electrons. The normalized spacial score (nSPS) is 11.8. The zero-order valence-electron chi connectivity index (χ0n) is 9.74. The summed E-state index contributed by atoms with van der Waals surface area (Å²) in [6.45, 7) is 0. The minimum Gasteiger partial charge on any atom is -0.325 e. The molecule has 0 heterocycles. The smallest absolute Gasteiger partial charge is 0.234 e. The molecule has 2 aromatic rings. The molecule has 1 N–H and O–H groups in total. The first-order valence-corrected chi connectivity index (χ1v) is 7.38. The van der Waals surface area contributed by atoms with Gasteiger partial charge in [0.05, 0.1) is 4.43 Å². The van der Waals surface area contributed by atoms with Crippen LogP contribution in [0.25, 0.3) is 11.1 Å². The summed E-state index contributed by atoms with van der Waals surface area (Å²) in [6.07, 6.45) is 0.906. The molecule has 0 saturated heterocycles. The fourth-order valence-corrected chi connectivity index (χ4v) is 2.65. The molecule has 3 rings (SSSR count). The van der Waals surface area contributed by atoms with E-state index in [-0.39, 0.29) is 5.91 Å². The Morgan fingerprint density at radius 3 is 2.72 bits per heavy atom. The molecule has 3 heteroatoms. The lowest BCUT2D eigenvalue weighted by Gasteiger charge is -2.09. The average molecular weight is 349 g/mol. The van der Waals surface area contributed by atoms with Crippen LogP contribution in [-0.4, -0.2) is 10.3 Å². The molecular weight excluding hydrogens is 337 g/mol. The highest BCUT2D eigenvalue weighted by molar-refractivity contribution is 14.1. The first kappa shape index (κ1) is 11.7. The summed E-state index contributed by atoms with van der Waals surface area (Å²) in [5.74, 6) is 0.0555. The summed E-state index contributed by atoms with van der Waals surface area (Å²) in [4.78, 5) is 11.5. The maximum atomic E-state index is 11.5. The Balaban J connectivity index is 2.06. The number of hydrogen-bond acceptors (Lipinski definition) is 1. The Bertz CT molecular complexity index is 622. The molecule has 1 aliphatic carbocycles. The zero-order chi connectivity index (χ0) is 12.5. The van der Waals surface area contributed by atoms with Crippen molar-refractivity contribution in [1.82, 2.24) is 0 Å². The molecule has 0 unspecified atom stereocenters. The van der Waals surface area contributed by atoms with E-state index in [9.17, 15) is 4.79 Å². The minimum absolute atomic E-state index is 0.0555. The summed E-state index contributed by atoms with van der Waals surface area (Å²) in [7, 11) is 0. The Kier molecular flexibility index (Phi) is 3.07. The van der Waals surface area contributed by atoms with E-state index in [1.807, 2.05) is 12.1 Å². The monoisotopic (exact) mass is 349 g/mol. The minimum atomic E-state index is 0.0555. The first-order valence-electron chi connectivity index (χ1n) is 5.85. The van der Waals surface area contributed by atoms with Crippen molar-refractivity contribution in [1.29, 1.82) is 0 Å². The fourth-order valence-electron chi connectivity index (χ4n) is 2.46. The third-order valence-electron chi connectivity index (χ3n) is 3.25. The van der Waals surface area contributed by atoms with Gasteiger partial charge in [0.1, 0.15) is 0 Å².